The fourth-order valence-corrected chi connectivity index (χ4v) is 0.276. The van der Waals surface area contributed by atoms with Crippen molar-refractivity contribution in [1.29, 1.82) is 0 Å². The molecule has 0 aliphatic carbocycles. The van der Waals surface area contributed by atoms with Gasteiger partial charge in [-0.05, 0) is 6.92 Å². The minimum atomic E-state index is -0.157. The van der Waals surface area contributed by atoms with E-state index in [9.17, 15) is 4.79 Å². The van der Waals surface area contributed by atoms with Crippen LogP contribution in [0.25, 0.3) is 0 Å². The van der Waals surface area contributed by atoms with Crippen molar-refractivity contribution in [3.63, 3.8) is 0 Å². The summed E-state index contributed by atoms with van der Waals surface area (Å²) in [5, 5.41) is 7.57. The van der Waals surface area contributed by atoms with Gasteiger partial charge >= 0.3 is 5.69 Å². The van der Waals surface area contributed by atoms with E-state index in [-0.39, 0.29) is 12.3 Å². The third kappa shape index (κ3) is 4.83. The fourth-order valence-electron chi connectivity index (χ4n) is 0.276. The molecule has 0 amide bonds. The van der Waals surface area contributed by atoms with E-state index in [1.165, 1.54) is 0 Å². The van der Waals surface area contributed by atoms with Crippen LogP contribution in [0.3, 0.4) is 0 Å². The molecule has 1 rings (SSSR count). The van der Waals surface area contributed by atoms with Crippen molar-refractivity contribution in [2.75, 3.05) is 6.61 Å². The molecule has 4 nitrogen and oxygen atoms in total. The van der Waals surface area contributed by atoms with Crippen molar-refractivity contribution in [3.8, 4) is 0 Å². The molecule has 1 aromatic rings. The lowest BCUT2D eigenvalue weighted by atomic mass is 10.9. The van der Waals surface area contributed by atoms with Gasteiger partial charge in [0.05, 0.1) is 0 Å². The lowest BCUT2D eigenvalue weighted by Crippen LogP contribution is -1.98. The average Bonchev–Trinajstić information content (AvgIpc) is 2.20. The zero-order valence-corrected chi connectivity index (χ0v) is 5.22. The number of aromatic nitrogens is 2. The Labute approximate surface area is 52.6 Å². The summed E-state index contributed by atoms with van der Waals surface area (Å²) in [5.74, 6) is 0. The van der Waals surface area contributed by atoms with E-state index in [4.69, 9.17) is 5.11 Å². The van der Waals surface area contributed by atoms with Crippen LogP contribution in [-0.4, -0.2) is 21.7 Å². The average molecular weight is 130 g/mol. The van der Waals surface area contributed by atoms with Gasteiger partial charge in [0.1, 0.15) is 0 Å². The maximum atomic E-state index is 9.96. The summed E-state index contributed by atoms with van der Waals surface area (Å²) in [4.78, 5) is 14.7. The van der Waals surface area contributed by atoms with Crippen LogP contribution in [0.15, 0.2) is 17.2 Å². The van der Waals surface area contributed by atoms with Gasteiger partial charge in [-0.2, -0.15) is 0 Å². The Morgan fingerprint density at radius 3 is 2.00 bits per heavy atom. The van der Waals surface area contributed by atoms with E-state index < -0.39 is 0 Å². The number of aliphatic hydroxyl groups is 1. The van der Waals surface area contributed by atoms with Gasteiger partial charge in [-0.1, -0.05) is 0 Å². The number of hydrogen-bond acceptors (Lipinski definition) is 2. The second-order valence-electron chi connectivity index (χ2n) is 1.27. The number of imidazole rings is 1. The van der Waals surface area contributed by atoms with Gasteiger partial charge in [0.2, 0.25) is 0 Å². The Hall–Kier alpha value is -1.03. The van der Waals surface area contributed by atoms with Crippen molar-refractivity contribution in [1.82, 2.24) is 9.97 Å². The molecule has 0 atom stereocenters. The highest BCUT2D eigenvalue weighted by Gasteiger charge is 1.69. The molecule has 1 aromatic heterocycles. The van der Waals surface area contributed by atoms with E-state index >= 15 is 0 Å². The fraction of sp³-hybridized carbons (Fsp3) is 0.400. The van der Waals surface area contributed by atoms with Crippen LogP contribution in [0, 0.1) is 0 Å². The van der Waals surface area contributed by atoms with E-state index in [0.29, 0.717) is 0 Å². The third-order valence-corrected chi connectivity index (χ3v) is 0.512. The van der Waals surface area contributed by atoms with Gasteiger partial charge in [0, 0.05) is 19.0 Å². The highest BCUT2D eigenvalue weighted by molar-refractivity contribution is 4.66. The summed E-state index contributed by atoms with van der Waals surface area (Å²) in [6.07, 6.45) is 3.09. The lowest BCUT2D eigenvalue weighted by molar-refractivity contribution is 0.318. The van der Waals surface area contributed by atoms with Crippen molar-refractivity contribution in [2.24, 2.45) is 0 Å². The molecule has 0 aromatic carbocycles. The Bertz CT molecular complexity index is 162. The standard InChI is InChI=1S/C3H4N2O.C2H6O/c6-3-4-1-2-5-3;1-2-3/h1-2H,(H2,4,5,6);3H,2H2,1H3. The number of hydrogen-bond donors (Lipinski definition) is 3. The van der Waals surface area contributed by atoms with Crippen molar-refractivity contribution in [3.05, 3.63) is 22.9 Å². The topological polar surface area (TPSA) is 68.9 Å². The maximum absolute atomic E-state index is 9.96. The summed E-state index contributed by atoms with van der Waals surface area (Å²) in [7, 11) is 0. The second kappa shape index (κ2) is 5.11. The number of aromatic amines is 2. The normalized spacial score (nSPS) is 7.78. The van der Waals surface area contributed by atoms with Crippen molar-refractivity contribution < 1.29 is 5.11 Å². The molecule has 0 saturated carbocycles. The Morgan fingerprint density at radius 2 is 1.89 bits per heavy atom. The number of aliphatic hydroxyl groups excluding tert-OH is 1. The first-order valence-corrected chi connectivity index (χ1v) is 2.64. The molecule has 9 heavy (non-hydrogen) atoms. The molecule has 0 aliphatic rings. The van der Waals surface area contributed by atoms with Crippen LogP contribution >= 0.6 is 0 Å². The minimum Gasteiger partial charge on any atom is -0.397 e. The minimum absolute atomic E-state index is 0.157. The van der Waals surface area contributed by atoms with Crippen LogP contribution in [0.4, 0.5) is 0 Å². The van der Waals surface area contributed by atoms with Gasteiger partial charge in [-0.25, -0.2) is 4.79 Å². The number of rotatable bonds is 0. The molecule has 0 aliphatic heterocycles. The monoisotopic (exact) mass is 130 g/mol. The zero-order valence-electron chi connectivity index (χ0n) is 5.22. The van der Waals surface area contributed by atoms with E-state index in [1.807, 2.05) is 0 Å². The molecule has 4 heteroatoms. The van der Waals surface area contributed by atoms with Gasteiger partial charge < -0.3 is 15.1 Å². The van der Waals surface area contributed by atoms with Crippen molar-refractivity contribution >= 4 is 0 Å². The van der Waals surface area contributed by atoms with Crippen LogP contribution in [0.2, 0.25) is 0 Å². The summed E-state index contributed by atoms with van der Waals surface area (Å²) in [5.41, 5.74) is -0.157. The molecule has 1 heterocycles. The van der Waals surface area contributed by atoms with Crippen LogP contribution in [0.5, 0.6) is 0 Å². The molecule has 0 radical (unpaired) electrons. The number of H-pyrrole nitrogens is 2. The highest BCUT2D eigenvalue weighted by Crippen LogP contribution is 1.54. The van der Waals surface area contributed by atoms with E-state index in [1.54, 1.807) is 19.3 Å². The lowest BCUT2D eigenvalue weighted by Gasteiger charge is -1.52. The molecular weight excluding hydrogens is 120 g/mol. The predicted molar refractivity (Wildman–Crippen MR) is 34.2 cm³/mol. The summed E-state index contributed by atoms with van der Waals surface area (Å²) < 4.78 is 0. The molecule has 0 fully saturated rings. The van der Waals surface area contributed by atoms with Crippen LogP contribution in [-0.2, 0) is 0 Å². The highest BCUT2D eigenvalue weighted by atomic mass is 16.2. The zero-order chi connectivity index (χ0) is 7.11. The summed E-state index contributed by atoms with van der Waals surface area (Å²) in [6, 6.07) is 0. The molecule has 52 valence electrons. The first kappa shape index (κ1) is 7.97. The molecule has 0 spiro atoms. The first-order chi connectivity index (χ1) is 4.31. The van der Waals surface area contributed by atoms with Gasteiger partial charge in [0.25, 0.3) is 0 Å². The van der Waals surface area contributed by atoms with E-state index in [0.717, 1.165) is 0 Å². The third-order valence-electron chi connectivity index (χ3n) is 0.512. The van der Waals surface area contributed by atoms with Gasteiger partial charge in [-0.15, -0.1) is 0 Å². The largest absolute Gasteiger partial charge is 0.397 e. The van der Waals surface area contributed by atoms with Crippen LogP contribution in [0.1, 0.15) is 6.92 Å². The molecule has 3 N–H and O–H groups in total. The predicted octanol–water partition coefficient (Wildman–Crippen LogP) is -0.298. The summed E-state index contributed by atoms with van der Waals surface area (Å²) in [6.45, 7) is 1.93. The Morgan fingerprint density at radius 1 is 1.56 bits per heavy atom. The van der Waals surface area contributed by atoms with Crippen molar-refractivity contribution in [2.45, 2.75) is 6.92 Å². The molecule has 0 saturated heterocycles. The SMILES string of the molecule is CCO.O=c1[nH]cc[nH]1. The Kier molecular flexibility index (Phi) is 4.53. The maximum Gasteiger partial charge on any atom is 0.322 e. The molecular formula is C5H10N2O2. The quantitative estimate of drug-likeness (QED) is 0.451. The van der Waals surface area contributed by atoms with Gasteiger partial charge in [0.15, 0.2) is 0 Å². The first-order valence-electron chi connectivity index (χ1n) is 2.64. The molecule has 0 unspecified atom stereocenters. The van der Waals surface area contributed by atoms with Crippen LogP contribution < -0.4 is 5.69 Å². The summed E-state index contributed by atoms with van der Waals surface area (Å²) >= 11 is 0. The Balaban J connectivity index is 0.000000187. The van der Waals surface area contributed by atoms with E-state index in [2.05, 4.69) is 9.97 Å². The van der Waals surface area contributed by atoms with Gasteiger partial charge in [-0.3, -0.25) is 0 Å². The second-order valence-corrected chi connectivity index (χ2v) is 1.27. The smallest absolute Gasteiger partial charge is 0.322 e. The number of nitrogens with one attached hydrogen (secondary N) is 2. The molecule has 0 bridgehead atoms.